The lowest BCUT2D eigenvalue weighted by atomic mass is 10.2. The molecule has 0 aromatic heterocycles. The number of sulfonamides is 1. The maximum atomic E-state index is 13.1. The number of carbonyl (C=O) groups is 1. The first kappa shape index (κ1) is 19.0. The van der Waals surface area contributed by atoms with Gasteiger partial charge in [-0.3, -0.25) is 4.79 Å². The zero-order valence-corrected chi connectivity index (χ0v) is 16.3. The van der Waals surface area contributed by atoms with Crippen LogP contribution in [0.4, 0.5) is 4.39 Å². The van der Waals surface area contributed by atoms with Crippen LogP contribution in [0.25, 0.3) is 0 Å². The van der Waals surface area contributed by atoms with E-state index in [0.717, 1.165) is 22.2 Å². The summed E-state index contributed by atoms with van der Waals surface area (Å²) in [5, 5.41) is 2.80. The van der Waals surface area contributed by atoms with Gasteiger partial charge in [0, 0.05) is 17.6 Å². The third-order valence-electron chi connectivity index (χ3n) is 4.31. The number of hydrogen-bond donors (Lipinski definition) is 1. The number of nitrogens with zero attached hydrogens (tertiary/aromatic N) is 1. The summed E-state index contributed by atoms with van der Waals surface area (Å²) in [4.78, 5) is 12.5. The van der Waals surface area contributed by atoms with Crippen molar-refractivity contribution in [2.45, 2.75) is 30.3 Å². The van der Waals surface area contributed by atoms with E-state index in [9.17, 15) is 17.6 Å². The topological polar surface area (TPSA) is 66.5 Å². The van der Waals surface area contributed by atoms with Crippen molar-refractivity contribution in [3.8, 4) is 0 Å². The van der Waals surface area contributed by atoms with E-state index in [-0.39, 0.29) is 17.3 Å². The van der Waals surface area contributed by atoms with Crippen LogP contribution in [0.1, 0.15) is 18.4 Å². The Kier molecular flexibility index (Phi) is 5.74. The SMILES string of the molecule is O=C(NCc1ccc(Br)cc1)C1CCCN1S(=O)(=O)c1ccc(F)cc1. The molecular weight excluding hydrogens is 423 g/mol. The molecule has 1 aliphatic rings. The monoisotopic (exact) mass is 440 g/mol. The fourth-order valence-corrected chi connectivity index (χ4v) is 4.86. The van der Waals surface area contributed by atoms with E-state index >= 15 is 0 Å². The molecule has 0 radical (unpaired) electrons. The molecule has 1 fully saturated rings. The molecule has 1 unspecified atom stereocenters. The molecule has 0 bridgehead atoms. The Morgan fingerprint density at radius 3 is 2.46 bits per heavy atom. The second-order valence-electron chi connectivity index (χ2n) is 6.07. The third kappa shape index (κ3) is 4.13. The minimum absolute atomic E-state index is 0.00786. The van der Waals surface area contributed by atoms with E-state index < -0.39 is 21.9 Å². The molecule has 1 atom stereocenters. The second-order valence-corrected chi connectivity index (χ2v) is 8.88. The second kappa shape index (κ2) is 7.85. The molecule has 1 aliphatic heterocycles. The summed E-state index contributed by atoms with van der Waals surface area (Å²) >= 11 is 3.35. The molecule has 2 aromatic carbocycles. The van der Waals surface area contributed by atoms with Crippen molar-refractivity contribution in [2.24, 2.45) is 0 Å². The van der Waals surface area contributed by atoms with Crippen LogP contribution in [-0.2, 0) is 21.4 Å². The highest BCUT2D eigenvalue weighted by Crippen LogP contribution is 2.26. The van der Waals surface area contributed by atoms with Gasteiger partial charge in [0.15, 0.2) is 0 Å². The van der Waals surface area contributed by atoms with Crippen molar-refractivity contribution in [3.05, 3.63) is 64.4 Å². The van der Waals surface area contributed by atoms with Gasteiger partial charge in [-0.2, -0.15) is 4.31 Å². The maximum Gasteiger partial charge on any atom is 0.243 e. The molecule has 1 N–H and O–H groups in total. The van der Waals surface area contributed by atoms with Crippen LogP contribution >= 0.6 is 15.9 Å². The Hall–Kier alpha value is -1.77. The molecule has 8 heteroatoms. The number of nitrogens with one attached hydrogen (secondary N) is 1. The van der Waals surface area contributed by atoms with Crippen LogP contribution in [-0.4, -0.2) is 31.2 Å². The van der Waals surface area contributed by atoms with E-state index in [2.05, 4.69) is 21.2 Å². The van der Waals surface area contributed by atoms with Crippen molar-refractivity contribution < 1.29 is 17.6 Å². The van der Waals surface area contributed by atoms with Crippen molar-refractivity contribution >= 4 is 31.9 Å². The molecule has 3 rings (SSSR count). The van der Waals surface area contributed by atoms with Gasteiger partial charge in [-0.25, -0.2) is 12.8 Å². The van der Waals surface area contributed by atoms with Crippen LogP contribution in [0.2, 0.25) is 0 Å². The molecular formula is C18H18BrFN2O3S. The first-order valence-corrected chi connectivity index (χ1v) is 10.4. The highest BCUT2D eigenvalue weighted by Gasteiger charge is 2.39. The standard InChI is InChI=1S/C18H18BrFN2O3S/c19-14-5-3-13(4-6-14)12-21-18(23)17-2-1-11-22(17)26(24,25)16-9-7-15(20)8-10-16/h3-10,17H,1-2,11-12H2,(H,21,23). The summed E-state index contributed by atoms with van der Waals surface area (Å²) in [5.41, 5.74) is 0.924. The predicted molar refractivity (Wildman–Crippen MR) is 99.3 cm³/mol. The largest absolute Gasteiger partial charge is 0.351 e. The summed E-state index contributed by atoms with van der Waals surface area (Å²) < 4.78 is 40.8. The maximum absolute atomic E-state index is 13.1. The van der Waals surface area contributed by atoms with Gasteiger partial charge < -0.3 is 5.32 Å². The molecule has 5 nitrogen and oxygen atoms in total. The molecule has 2 aromatic rings. The zero-order chi connectivity index (χ0) is 18.7. The number of rotatable bonds is 5. The molecule has 1 saturated heterocycles. The van der Waals surface area contributed by atoms with E-state index in [1.807, 2.05) is 24.3 Å². The fourth-order valence-electron chi connectivity index (χ4n) is 2.94. The number of hydrogen-bond acceptors (Lipinski definition) is 3. The molecule has 1 heterocycles. The number of benzene rings is 2. The van der Waals surface area contributed by atoms with Crippen molar-refractivity contribution in [1.29, 1.82) is 0 Å². The van der Waals surface area contributed by atoms with Gasteiger partial charge in [-0.1, -0.05) is 28.1 Å². The Morgan fingerprint density at radius 1 is 1.15 bits per heavy atom. The average molecular weight is 441 g/mol. The fraction of sp³-hybridized carbons (Fsp3) is 0.278. The van der Waals surface area contributed by atoms with Gasteiger partial charge >= 0.3 is 0 Å². The summed E-state index contributed by atoms with van der Waals surface area (Å²) in [6, 6.07) is 11.4. The molecule has 1 amide bonds. The smallest absolute Gasteiger partial charge is 0.243 e. The van der Waals surface area contributed by atoms with Crippen LogP contribution in [0.5, 0.6) is 0 Å². The van der Waals surface area contributed by atoms with E-state index in [1.54, 1.807) is 0 Å². The van der Waals surface area contributed by atoms with Gasteiger partial charge in [0.25, 0.3) is 0 Å². The van der Waals surface area contributed by atoms with Gasteiger partial charge in [-0.15, -0.1) is 0 Å². The summed E-state index contributed by atoms with van der Waals surface area (Å²) in [7, 11) is -3.84. The Bertz CT molecular complexity index is 886. The molecule has 0 aliphatic carbocycles. The van der Waals surface area contributed by atoms with Gasteiger partial charge in [0.1, 0.15) is 11.9 Å². The molecule has 0 spiro atoms. The van der Waals surface area contributed by atoms with Crippen molar-refractivity contribution in [1.82, 2.24) is 9.62 Å². The third-order valence-corrected chi connectivity index (χ3v) is 6.76. The first-order valence-electron chi connectivity index (χ1n) is 8.17. The van der Waals surface area contributed by atoms with Crippen LogP contribution < -0.4 is 5.32 Å². The van der Waals surface area contributed by atoms with Crippen LogP contribution in [0, 0.1) is 5.82 Å². The van der Waals surface area contributed by atoms with E-state index in [1.165, 1.54) is 16.4 Å². The zero-order valence-electron chi connectivity index (χ0n) is 13.9. The van der Waals surface area contributed by atoms with E-state index in [4.69, 9.17) is 0 Å². The van der Waals surface area contributed by atoms with E-state index in [0.29, 0.717) is 19.4 Å². The first-order chi connectivity index (χ1) is 12.4. The Labute approximate surface area is 160 Å². The van der Waals surface area contributed by atoms with Crippen molar-refractivity contribution in [2.75, 3.05) is 6.54 Å². The predicted octanol–water partition coefficient (Wildman–Crippen LogP) is 3.06. The normalized spacial score (nSPS) is 18.0. The Morgan fingerprint density at radius 2 is 1.81 bits per heavy atom. The number of carbonyl (C=O) groups excluding carboxylic acids is 1. The summed E-state index contributed by atoms with van der Waals surface area (Å²) in [6.07, 6.45) is 1.07. The van der Waals surface area contributed by atoms with Crippen molar-refractivity contribution in [3.63, 3.8) is 0 Å². The lowest BCUT2D eigenvalue weighted by Gasteiger charge is -2.23. The molecule has 0 saturated carbocycles. The minimum Gasteiger partial charge on any atom is -0.351 e. The van der Waals surface area contributed by atoms with Gasteiger partial charge in [0.05, 0.1) is 4.90 Å². The van der Waals surface area contributed by atoms with Gasteiger partial charge in [0.2, 0.25) is 15.9 Å². The lowest BCUT2D eigenvalue weighted by Crippen LogP contribution is -2.45. The van der Waals surface area contributed by atoms with Crippen LogP contribution in [0.15, 0.2) is 57.9 Å². The van der Waals surface area contributed by atoms with Gasteiger partial charge in [-0.05, 0) is 54.8 Å². The lowest BCUT2D eigenvalue weighted by molar-refractivity contribution is -0.124. The number of amides is 1. The number of halogens is 2. The highest BCUT2D eigenvalue weighted by atomic mass is 79.9. The molecule has 26 heavy (non-hydrogen) atoms. The summed E-state index contributed by atoms with van der Waals surface area (Å²) in [6.45, 7) is 0.600. The quantitative estimate of drug-likeness (QED) is 0.776. The average Bonchev–Trinajstić information content (AvgIpc) is 3.12. The highest BCUT2D eigenvalue weighted by molar-refractivity contribution is 9.10. The van der Waals surface area contributed by atoms with Crippen LogP contribution in [0.3, 0.4) is 0 Å². The minimum atomic E-state index is -3.84. The summed E-state index contributed by atoms with van der Waals surface area (Å²) in [5.74, 6) is -0.828. The molecule has 138 valence electrons. The Balaban J connectivity index is 1.71.